The molecule has 0 aliphatic carbocycles. The molecule has 0 saturated heterocycles. The van der Waals surface area contributed by atoms with Crippen molar-refractivity contribution in [1.29, 1.82) is 0 Å². The van der Waals surface area contributed by atoms with Crippen LogP contribution in [0.2, 0.25) is 0 Å². The number of rotatable bonds is 3. The Balaban J connectivity index is 1.81. The number of aromatic amines is 1. The fraction of sp³-hybridized carbons (Fsp3) is 0.143. The normalized spacial score (nSPS) is 11.4. The molecule has 4 heterocycles. The second-order valence-corrected chi connectivity index (χ2v) is 6.33. The first-order valence-corrected chi connectivity index (χ1v) is 8.00. The molecule has 4 rings (SSSR count). The maximum atomic E-state index is 5.40. The Morgan fingerprint density at radius 3 is 3.00 bits per heavy atom. The standard InChI is InChI=1S/C14H11N3OS2/c1-2-18-12-4-3-8-13(16-12)17-14(15-8)11-7-10-9(20-11)5-6-19-10/h3-7H,2H2,1H3,(H,15,16,17). The highest BCUT2D eigenvalue weighted by Gasteiger charge is 2.11. The van der Waals surface area contributed by atoms with Gasteiger partial charge in [-0.25, -0.2) is 4.98 Å². The van der Waals surface area contributed by atoms with E-state index in [1.165, 1.54) is 9.40 Å². The molecule has 100 valence electrons. The third-order valence-electron chi connectivity index (χ3n) is 2.99. The summed E-state index contributed by atoms with van der Waals surface area (Å²) < 4.78 is 8.00. The molecule has 1 N–H and O–H groups in total. The van der Waals surface area contributed by atoms with Gasteiger partial charge in [0.05, 0.1) is 17.0 Å². The van der Waals surface area contributed by atoms with Crippen molar-refractivity contribution in [2.24, 2.45) is 0 Å². The number of nitrogens with one attached hydrogen (secondary N) is 1. The zero-order chi connectivity index (χ0) is 13.5. The predicted molar refractivity (Wildman–Crippen MR) is 83.8 cm³/mol. The Kier molecular flexibility index (Phi) is 2.71. The van der Waals surface area contributed by atoms with Crippen LogP contribution >= 0.6 is 22.7 Å². The van der Waals surface area contributed by atoms with Gasteiger partial charge >= 0.3 is 0 Å². The van der Waals surface area contributed by atoms with Gasteiger partial charge in [0, 0.05) is 15.5 Å². The molecule has 0 radical (unpaired) electrons. The lowest BCUT2D eigenvalue weighted by molar-refractivity contribution is 0.328. The molecule has 20 heavy (non-hydrogen) atoms. The second-order valence-electron chi connectivity index (χ2n) is 4.30. The van der Waals surface area contributed by atoms with Gasteiger partial charge in [-0.15, -0.1) is 22.7 Å². The zero-order valence-electron chi connectivity index (χ0n) is 10.7. The Labute approximate surface area is 123 Å². The van der Waals surface area contributed by atoms with Gasteiger partial charge < -0.3 is 9.72 Å². The lowest BCUT2D eigenvalue weighted by Crippen LogP contribution is -1.93. The minimum Gasteiger partial charge on any atom is -0.478 e. The van der Waals surface area contributed by atoms with Gasteiger partial charge in [0.25, 0.3) is 0 Å². The minimum atomic E-state index is 0.608. The first kappa shape index (κ1) is 11.9. The molecule has 0 fully saturated rings. The summed E-state index contributed by atoms with van der Waals surface area (Å²) in [6, 6.07) is 8.13. The van der Waals surface area contributed by atoms with Crippen LogP contribution in [0, 0.1) is 0 Å². The predicted octanol–water partition coefficient (Wildman–Crippen LogP) is 4.30. The molecule has 4 aromatic rings. The van der Waals surface area contributed by atoms with E-state index in [-0.39, 0.29) is 0 Å². The number of fused-ring (bicyclic) bond motifs is 2. The highest BCUT2D eigenvalue weighted by Crippen LogP contribution is 2.35. The van der Waals surface area contributed by atoms with Gasteiger partial charge in [-0.2, -0.15) is 4.98 Å². The molecular formula is C14H11N3OS2. The highest BCUT2D eigenvalue weighted by atomic mass is 32.1. The number of nitrogens with zero attached hydrogens (tertiary/aromatic N) is 2. The van der Waals surface area contributed by atoms with E-state index in [2.05, 4.69) is 32.5 Å². The molecule has 6 heteroatoms. The van der Waals surface area contributed by atoms with Crippen molar-refractivity contribution in [2.75, 3.05) is 6.61 Å². The van der Waals surface area contributed by atoms with Gasteiger partial charge in [-0.3, -0.25) is 0 Å². The van der Waals surface area contributed by atoms with E-state index < -0.39 is 0 Å². The Morgan fingerprint density at radius 1 is 1.20 bits per heavy atom. The van der Waals surface area contributed by atoms with Crippen molar-refractivity contribution in [3.8, 4) is 16.6 Å². The molecule has 0 aliphatic rings. The molecule has 0 atom stereocenters. The number of hydrogen-bond donors (Lipinski definition) is 1. The number of pyridine rings is 1. The molecule has 0 amide bonds. The van der Waals surface area contributed by atoms with Crippen LogP contribution in [0.4, 0.5) is 0 Å². The summed E-state index contributed by atoms with van der Waals surface area (Å²) in [5.41, 5.74) is 1.63. The summed E-state index contributed by atoms with van der Waals surface area (Å²) in [5, 5.41) is 2.11. The summed E-state index contributed by atoms with van der Waals surface area (Å²) >= 11 is 3.50. The first-order chi connectivity index (χ1) is 9.83. The quantitative estimate of drug-likeness (QED) is 0.614. The molecular weight excluding hydrogens is 290 g/mol. The van der Waals surface area contributed by atoms with Crippen LogP contribution in [0.15, 0.2) is 29.6 Å². The van der Waals surface area contributed by atoms with Crippen LogP contribution < -0.4 is 4.74 Å². The molecule has 0 aromatic carbocycles. The van der Waals surface area contributed by atoms with Crippen molar-refractivity contribution >= 4 is 43.2 Å². The second kappa shape index (κ2) is 4.57. The molecule has 0 bridgehead atoms. The number of thiophene rings is 2. The summed E-state index contributed by atoms with van der Waals surface area (Å²) in [6.45, 7) is 2.55. The van der Waals surface area contributed by atoms with Crippen molar-refractivity contribution in [3.63, 3.8) is 0 Å². The van der Waals surface area contributed by atoms with Crippen molar-refractivity contribution in [3.05, 3.63) is 29.6 Å². The largest absolute Gasteiger partial charge is 0.478 e. The topological polar surface area (TPSA) is 50.8 Å². The Hall–Kier alpha value is -1.92. The van der Waals surface area contributed by atoms with Gasteiger partial charge in [-0.05, 0) is 30.5 Å². The first-order valence-electron chi connectivity index (χ1n) is 6.30. The Morgan fingerprint density at radius 2 is 2.15 bits per heavy atom. The lowest BCUT2D eigenvalue weighted by Gasteiger charge is -1.99. The number of imidazole rings is 1. The third-order valence-corrected chi connectivity index (χ3v) is 5.09. The van der Waals surface area contributed by atoms with E-state index in [9.17, 15) is 0 Å². The van der Waals surface area contributed by atoms with E-state index in [4.69, 9.17) is 4.74 Å². The fourth-order valence-electron chi connectivity index (χ4n) is 2.10. The lowest BCUT2D eigenvalue weighted by atomic mass is 10.4. The van der Waals surface area contributed by atoms with Crippen LogP contribution in [0.5, 0.6) is 5.88 Å². The van der Waals surface area contributed by atoms with Crippen molar-refractivity contribution in [2.45, 2.75) is 6.92 Å². The van der Waals surface area contributed by atoms with Crippen LogP contribution in [0.1, 0.15) is 6.92 Å². The smallest absolute Gasteiger partial charge is 0.215 e. The average molecular weight is 301 g/mol. The average Bonchev–Trinajstić information content (AvgIpc) is 3.11. The van der Waals surface area contributed by atoms with Crippen LogP contribution in [0.3, 0.4) is 0 Å². The summed E-state index contributed by atoms with van der Waals surface area (Å²) in [4.78, 5) is 13.4. The van der Waals surface area contributed by atoms with Gasteiger partial charge in [0.1, 0.15) is 0 Å². The molecule has 0 aliphatic heterocycles. The third kappa shape index (κ3) is 1.88. The molecule has 0 unspecified atom stereocenters. The molecule has 4 aromatic heterocycles. The monoisotopic (exact) mass is 301 g/mol. The van der Waals surface area contributed by atoms with E-state index in [0.717, 1.165) is 16.2 Å². The highest BCUT2D eigenvalue weighted by molar-refractivity contribution is 7.28. The van der Waals surface area contributed by atoms with Crippen molar-refractivity contribution in [1.82, 2.24) is 15.0 Å². The summed E-state index contributed by atoms with van der Waals surface area (Å²) in [5.74, 6) is 1.49. The summed E-state index contributed by atoms with van der Waals surface area (Å²) in [6.07, 6.45) is 0. The van der Waals surface area contributed by atoms with E-state index in [1.54, 1.807) is 22.7 Å². The van der Waals surface area contributed by atoms with Crippen LogP contribution in [-0.4, -0.2) is 21.6 Å². The number of aromatic nitrogens is 3. The maximum absolute atomic E-state index is 5.40. The minimum absolute atomic E-state index is 0.608. The molecule has 0 spiro atoms. The van der Waals surface area contributed by atoms with Crippen LogP contribution in [0.25, 0.3) is 31.3 Å². The zero-order valence-corrected chi connectivity index (χ0v) is 12.3. The van der Waals surface area contributed by atoms with E-state index in [1.807, 2.05) is 19.1 Å². The molecule has 4 nitrogen and oxygen atoms in total. The number of H-pyrrole nitrogens is 1. The van der Waals surface area contributed by atoms with E-state index >= 15 is 0 Å². The van der Waals surface area contributed by atoms with Crippen LogP contribution in [-0.2, 0) is 0 Å². The summed E-state index contributed by atoms with van der Waals surface area (Å²) in [7, 11) is 0. The number of hydrogen-bond acceptors (Lipinski definition) is 5. The van der Waals surface area contributed by atoms with Gasteiger partial charge in [-0.1, -0.05) is 0 Å². The Bertz CT molecular complexity index is 862. The fourth-order valence-corrected chi connectivity index (χ4v) is 4.16. The maximum Gasteiger partial charge on any atom is 0.215 e. The number of ether oxygens (including phenoxy) is 1. The van der Waals surface area contributed by atoms with Gasteiger partial charge in [0.2, 0.25) is 5.88 Å². The molecule has 0 saturated carbocycles. The van der Waals surface area contributed by atoms with Crippen molar-refractivity contribution < 1.29 is 4.74 Å². The van der Waals surface area contributed by atoms with Gasteiger partial charge in [0.15, 0.2) is 11.5 Å². The SMILES string of the molecule is CCOc1ccc2[nH]c(-c3cc4sccc4s3)nc2n1. The van der Waals surface area contributed by atoms with E-state index in [0.29, 0.717) is 18.1 Å².